The molecule has 9 heteroatoms. The molecule has 0 saturated carbocycles. The summed E-state index contributed by atoms with van der Waals surface area (Å²) in [5, 5.41) is 10.7. The van der Waals surface area contributed by atoms with Crippen molar-refractivity contribution in [3.05, 3.63) is 78.9 Å². The summed E-state index contributed by atoms with van der Waals surface area (Å²) < 4.78 is 7.00. The highest BCUT2D eigenvalue weighted by atomic mass is 16.5. The molecule has 2 aromatic rings. The first-order valence-corrected chi connectivity index (χ1v) is 16.6. The summed E-state index contributed by atoms with van der Waals surface area (Å²) in [6.07, 6.45) is 8.07. The number of rotatable bonds is 9. The lowest BCUT2D eigenvalue weighted by molar-refractivity contribution is -0.148. The number of fused-ring (bicyclic) bond motifs is 2. The summed E-state index contributed by atoms with van der Waals surface area (Å²) in [7, 11) is 0. The number of ether oxygens (including phenoxy) is 1. The topological polar surface area (TPSA) is 93.6 Å². The number of likely N-dealkylation sites (tertiary alicyclic amines) is 1. The van der Waals surface area contributed by atoms with E-state index < -0.39 is 35.1 Å². The van der Waals surface area contributed by atoms with Gasteiger partial charge in [-0.2, -0.15) is 0 Å². The van der Waals surface area contributed by atoms with Crippen molar-refractivity contribution in [1.82, 2.24) is 4.90 Å². The van der Waals surface area contributed by atoms with E-state index in [1.807, 2.05) is 99.7 Å². The highest BCUT2D eigenvalue weighted by Crippen LogP contribution is 2.58. The minimum Gasteiger partial charge on any atom is -0.394 e. The van der Waals surface area contributed by atoms with E-state index in [2.05, 4.69) is 18.7 Å². The SMILES string of the molecule is CCN(CC)c1ccc(N2CC=C[C@]34O[C@]5(C)C=CCN(c6ccccc6)C(=O)[C@@H]5[C@H]3C(=O)N([C@@H](CO)CC(C)C)C4C2=O)cc1. The van der Waals surface area contributed by atoms with E-state index in [0.29, 0.717) is 18.7 Å². The monoisotopic (exact) mass is 626 g/mol. The largest absolute Gasteiger partial charge is 0.394 e. The Labute approximate surface area is 272 Å². The van der Waals surface area contributed by atoms with Crippen LogP contribution in [-0.2, 0) is 19.1 Å². The predicted molar refractivity (Wildman–Crippen MR) is 180 cm³/mol. The number of nitrogens with zero attached hydrogens (tertiary/aromatic N) is 4. The zero-order valence-corrected chi connectivity index (χ0v) is 27.5. The quantitative estimate of drug-likeness (QED) is 0.415. The average molecular weight is 627 g/mol. The van der Waals surface area contributed by atoms with Crippen molar-refractivity contribution >= 4 is 34.8 Å². The first-order valence-electron chi connectivity index (χ1n) is 16.6. The molecule has 3 amide bonds. The van der Waals surface area contributed by atoms with Crippen LogP contribution in [0.25, 0.3) is 0 Å². The maximum absolute atomic E-state index is 14.9. The van der Waals surface area contributed by atoms with Gasteiger partial charge >= 0.3 is 0 Å². The lowest BCUT2D eigenvalue weighted by Crippen LogP contribution is -2.59. The fourth-order valence-electron chi connectivity index (χ4n) is 8.18. The molecule has 9 nitrogen and oxygen atoms in total. The Kier molecular flexibility index (Phi) is 8.59. The van der Waals surface area contributed by atoms with Gasteiger partial charge in [-0.05, 0) is 69.5 Å². The number of anilines is 3. The minimum atomic E-state index is -1.40. The Hall–Kier alpha value is -3.95. The molecule has 46 heavy (non-hydrogen) atoms. The van der Waals surface area contributed by atoms with E-state index in [4.69, 9.17) is 4.74 Å². The van der Waals surface area contributed by atoms with Gasteiger partial charge in [0.1, 0.15) is 11.6 Å². The molecule has 1 spiro atoms. The van der Waals surface area contributed by atoms with Gasteiger partial charge in [-0.1, -0.05) is 56.4 Å². The molecule has 4 aliphatic rings. The van der Waals surface area contributed by atoms with Crippen molar-refractivity contribution < 1.29 is 24.2 Å². The van der Waals surface area contributed by atoms with Crippen LogP contribution in [0.15, 0.2) is 78.9 Å². The third-order valence-corrected chi connectivity index (χ3v) is 10.2. The van der Waals surface area contributed by atoms with Gasteiger partial charge in [-0.25, -0.2) is 0 Å². The zero-order valence-electron chi connectivity index (χ0n) is 27.5. The molecule has 4 aliphatic heterocycles. The molecule has 0 radical (unpaired) electrons. The molecular weight excluding hydrogens is 580 g/mol. The fourth-order valence-corrected chi connectivity index (χ4v) is 8.18. The molecule has 4 heterocycles. The molecule has 244 valence electrons. The van der Waals surface area contributed by atoms with E-state index in [1.54, 1.807) is 14.7 Å². The second-order valence-electron chi connectivity index (χ2n) is 13.4. The lowest BCUT2D eigenvalue weighted by atomic mass is 9.74. The third-order valence-electron chi connectivity index (χ3n) is 10.2. The van der Waals surface area contributed by atoms with Gasteiger partial charge in [-0.3, -0.25) is 14.4 Å². The van der Waals surface area contributed by atoms with Gasteiger partial charge < -0.3 is 29.4 Å². The predicted octanol–water partition coefficient (Wildman–Crippen LogP) is 4.42. The van der Waals surface area contributed by atoms with E-state index in [0.717, 1.165) is 24.5 Å². The summed E-state index contributed by atoms with van der Waals surface area (Å²) in [6, 6.07) is 15.7. The normalized spacial score (nSPS) is 29.5. The second kappa shape index (κ2) is 12.3. The summed E-state index contributed by atoms with van der Waals surface area (Å²) in [5.41, 5.74) is 0.00342. The van der Waals surface area contributed by atoms with E-state index in [-0.39, 0.29) is 36.8 Å². The molecule has 1 unspecified atom stereocenters. The fraction of sp³-hybridized carbons (Fsp3) is 0.486. The molecule has 2 fully saturated rings. The first kappa shape index (κ1) is 32.0. The number of benzene rings is 2. The van der Waals surface area contributed by atoms with Gasteiger partial charge in [0.25, 0.3) is 5.91 Å². The summed E-state index contributed by atoms with van der Waals surface area (Å²) in [5.74, 6) is -2.49. The Morgan fingerprint density at radius 1 is 0.848 bits per heavy atom. The number of amides is 3. The van der Waals surface area contributed by atoms with Crippen LogP contribution >= 0.6 is 0 Å². The van der Waals surface area contributed by atoms with Crippen molar-refractivity contribution in [2.45, 2.75) is 64.3 Å². The van der Waals surface area contributed by atoms with Crippen molar-refractivity contribution in [3.63, 3.8) is 0 Å². The van der Waals surface area contributed by atoms with Crippen molar-refractivity contribution in [2.75, 3.05) is 47.5 Å². The Bertz CT molecular complexity index is 1520. The van der Waals surface area contributed by atoms with Crippen LogP contribution in [0, 0.1) is 17.8 Å². The molecule has 0 aliphatic carbocycles. The number of para-hydroxylation sites is 1. The number of hydrogen-bond donors (Lipinski definition) is 1. The van der Waals surface area contributed by atoms with Crippen LogP contribution < -0.4 is 14.7 Å². The van der Waals surface area contributed by atoms with Crippen molar-refractivity contribution in [3.8, 4) is 0 Å². The first-order chi connectivity index (χ1) is 22.1. The van der Waals surface area contributed by atoms with Gasteiger partial charge in [-0.15, -0.1) is 0 Å². The highest BCUT2D eigenvalue weighted by molar-refractivity contribution is 6.07. The molecule has 0 bridgehead atoms. The van der Waals surface area contributed by atoms with Crippen LogP contribution in [-0.4, -0.2) is 83.8 Å². The highest BCUT2D eigenvalue weighted by Gasteiger charge is 2.75. The Morgan fingerprint density at radius 2 is 1.46 bits per heavy atom. The Balaban J connectivity index is 1.46. The van der Waals surface area contributed by atoms with E-state index in [9.17, 15) is 19.5 Å². The van der Waals surface area contributed by atoms with E-state index in [1.165, 1.54) is 0 Å². The molecule has 6 atom stereocenters. The maximum atomic E-state index is 14.9. The summed E-state index contributed by atoms with van der Waals surface area (Å²) >= 11 is 0. The van der Waals surface area contributed by atoms with Crippen LogP contribution in [0.3, 0.4) is 0 Å². The number of hydrogen-bond acceptors (Lipinski definition) is 6. The van der Waals surface area contributed by atoms with E-state index >= 15 is 0 Å². The molecular formula is C37H46N4O5. The smallest absolute Gasteiger partial charge is 0.253 e. The molecule has 2 aromatic carbocycles. The standard InChI is InChI=1S/C37H46N4O5/c1-6-38(7-2)26-15-17-28(18-16-26)40-22-12-20-37-31(34(44)41(32(37)35(40)45)29(24-42)23-25(3)4)30-33(43)39(27-13-9-8-10-14-27)21-11-19-36(30,5)46-37/h8-20,25,29-32,42H,6-7,21-24H2,1-5H3/t29-,30+,31+,32?,36-,37+/m1/s1. The molecule has 1 N–H and O–H groups in total. The second-order valence-corrected chi connectivity index (χ2v) is 13.4. The van der Waals surface area contributed by atoms with Crippen molar-refractivity contribution in [1.29, 1.82) is 0 Å². The number of carbonyl (C=O) groups is 3. The van der Waals surface area contributed by atoms with Crippen LogP contribution in [0.2, 0.25) is 0 Å². The van der Waals surface area contributed by atoms with Gasteiger partial charge in [0.15, 0.2) is 0 Å². The number of aliphatic hydroxyl groups excluding tert-OH is 1. The Morgan fingerprint density at radius 3 is 2.07 bits per heavy atom. The van der Waals surface area contributed by atoms with Crippen LogP contribution in [0.4, 0.5) is 17.1 Å². The molecule has 2 saturated heterocycles. The van der Waals surface area contributed by atoms with Gasteiger partial charge in [0.05, 0.1) is 30.1 Å². The van der Waals surface area contributed by atoms with Gasteiger partial charge in [0, 0.05) is 43.2 Å². The lowest BCUT2D eigenvalue weighted by Gasteiger charge is -2.40. The van der Waals surface area contributed by atoms with Crippen LogP contribution in [0.5, 0.6) is 0 Å². The van der Waals surface area contributed by atoms with Crippen LogP contribution in [0.1, 0.15) is 41.0 Å². The molecule has 0 aromatic heterocycles. The van der Waals surface area contributed by atoms with Gasteiger partial charge in [0.2, 0.25) is 11.8 Å². The van der Waals surface area contributed by atoms with Crippen molar-refractivity contribution in [2.24, 2.45) is 17.8 Å². The summed E-state index contributed by atoms with van der Waals surface area (Å²) in [6.45, 7) is 12.2. The minimum absolute atomic E-state index is 0.156. The average Bonchev–Trinajstić information content (AvgIpc) is 3.32. The maximum Gasteiger partial charge on any atom is 0.253 e. The zero-order chi connectivity index (χ0) is 32.8. The number of aliphatic hydroxyl groups is 1. The third kappa shape index (κ3) is 5.04. The summed E-state index contributed by atoms with van der Waals surface area (Å²) in [4.78, 5) is 51.5. The molecule has 6 rings (SSSR count). The number of carbonyl (C=O) groups excluding carboxylic acids is 3.